The molecule has 2 unspecified atom stereocenters. The van der Waals surface area contributed by atoms with Gasteiger partial charge >= 0.3 is 0 Å². The zero-order valence-corrected chi connectivity index (χ0v) is 24.7. The Morgan fingerprint density at radius 3 is 1.98 bits per heavy atom. The Morgan fingerprint density at radius 1 is 0.533 bits per heavy atom. The number of nitrogens with zero attached hydrogens (tertiary/aromatic N) is 1. The number of benzene rings is 6. The van der Waals surface area contributed by atoms with Crippen molar-refractivity contribution < 1.29 is 0 Å². The van der Waals surface area contributed by atoms with Crippen LogP contribution in [0.2, 0.25) is 0 Å². The lowest BCUT2D eigenvalue weighted by atomic mass is 9.65. The molecule has 1 heterocycles. The molecule has 0 bridgehead atoms. The number of nitrogens with one attached hydrogen (secondary N) is 1. The van der Waals surface area contributed by atoms with Crippen LogP contribution in [-0.2, 0) is 5.41 Å². The molecule has 0 radical (unpaired) electrons. The van der Waals surface area contributed by atoms with Gasteiger partial charge in [0.25, 0.3) is 0 Å². The van der Waals surface area contributed by atoms with E-state index < -0.39 is 0 Å². The standard InChI is InChI=1S/C43H30N2/c1-2-12-28(13-3-1)45(29-23-25-42-36(26-29)35-17-7-11-21-41(35)44-42)30-22-24-34-33-16-6-10-20-39(33)43(40(34)27-30)37-18-8-4-14-31(37)32-15-5-9-19-38(32)43/h1-27,34,40,44H. The lowest BCUT2D eigenvalue weighted by molar-refractivity contribution is 0.462. The highest BCUT2D eigenvalue weighted by Gasteiger charge is 2.57. The summed E-state index contributed by atoms with van der Waals surface area (Å²) in [5, 5.41) is 2.49. The molecule has 3 aliphatic carbocycles. The van der Waals surface area contributed by atoms with Crippen molar-refractivity contribution in [2.45, 2.75) is 11.3 Å². The minimum Gasteiger partial charge on any atom is -0.355 e. The highest BCUT2D eigenvalue weighted by molar-refractivity contribution is 6.08. The summed E-state index contributed by atoms with van der Waals surface area (Å²) in [5.74, 6) is 0.514. The van der Waals surface area contributed by atoms with E-state index in [2.05, 4.69) is 174 Å². The fraction of sp³-hybridized carbons (Fsp3) is 0.0698. The van der Waals surface area contributed by atoms with Crippen LogP contribution >= 0.6 is 0 Å². The van der Waals surface area contributed by atoms with Gasteiger partial charge in [0.1, 0.15) is 0 Å². The topological polar surface area (TPSA) is 19.0 Å². The largest absolute Gasteiger partial charge is 0.355 e. The molecule has 7 aromatic rings. The molecule has 1 spiro atoms. The first-order valence-electron chi connectivity index (χ1n) is 15.9. The van der Waals surface area contributed by atoms with E-state index in [-0.39, 0.29) is 17.3 Å². The van der Waals surface area contributed by atoms with Crippen LogP contribution in [0.1, 0.15) is 28.2 Å². The van der Waals surface area contributed by atoms with Crippen molar-refractivity contribution in [3.05, 3.63) is 192 Å². The normalized spacial score (nSPS) is 18.4. The maximum atomic E-state index is 3.61. The number of allylic oxidation sites excluding steroid dienone is 3. The van der Waals surface area contributed by atoms with Gasteiger partial charge in [0.2, 0.25) is 0 Å². The monoisotopic (exact) mass is 574 g/mol. The average Bonchev–Trinajstić information content (AvgIpc) is 3.73. The molecular formula is C43H30N2. The van der Waals surface area contributed by atoms with Gasteiger partial charge in [-0.2, -0.15) is 0 Å². The number of para-hydroxylation sites is 2. The second kappa shape index (κ2) is 9.20. The van der Waals surface area contributed by atoms with Gasteiger partial charge in [-0.05, 0) is 75.9 Å². The summed E-state index contributed by atoms with van der Waals surface area (Å²) in [6, 6.07) is 53.6. The highest BCUT2D eigenvalue weighted by atomic mass is 15.1. The molecule has 0 aliphatic heterocycles. The van der Waals surface area contributed by atoms with Crippen LogP contribution in [0, 0.1) is 5.92 Å². The fourth-order valence-corrected chi connectivity index (χ4v) is 8.75. The van der Waals surface area contributed by atoms with Crippen molar-refractivity contribution in [3.63, 3.8) is 0 Å². The van der Waals surface area contributed by atoms with Crippen molar-refractivity contribution in [1.29, 1.82) is 0 Å². The van der Waals surface area contributed by atoms with E-state index in [0.29, 0.717) is 0 Å². The van der Waals surface area contributed by atoms with Gasteiger partial charge in [-0.15, -0.1) is 0 Å². The van der Waals surface area contributed by atoms with Crippen LogP contribution < -0.4 is 4.90 Å². The summed E-state index contributed by atoms with van der Waals surface area (Å²) in [4.78, 5) is 6.05. The summed E-state index contributed by atoms with van der Waals surface area (Å²) in [6.07, 6.45) is 7.41. The summed E-state index contributed by atoms with van der Waals surface area (Å²) in [5.41, 5.74) is 14.0. The molecule has 2 atom stereocenters. The molecule has 1 N–H and O–H groups in total. The number of fused-ring (bicyclic) bond motifs is 13. The van der Waals surface area contributed by atoms with E-state index in [4.69, 9.17) is 0 Å². The van der Waals surface area contributed by atoms with Crippen LogP contribution in [-0.4, -0.2) is 4.98 Å². The zero-order chi connectivity index (χ0) is 29.5. The highest BCUT2D eigenvalue weighted by Crippen LogP contribution is 2.65. The number of hydrogen-bond acceptors (Lipinski definition) is 1. The van der Waals surface area contributed by atoms with Crippen molar-refractivity contribution >= 4 is 33.2 Å². The first-order chi connectivity index (χ1) is 22.3. The summed E-state index contributed by atoms with van der Waals surface area (Å²) in [7, 11) is 0. The van der Waals surface area contributed by atoms with Crippen LogP contribution in [0.25, 0.3) is 32.9 Å². The molecule has 212 valence electrons. The number of aromatic nitrogens is 1. The SMILES string of the molecule is C1=CC2c3ccccc3C3(c4ccccc4-c4ccccc43)C2C=C1N(c1ccccc1)c1ccc2[nH]c3ccccc3c2c1. The molecule has 0 fully saturated rings. The summed E-state index contributed by atoms with van der Waals surface area (Å²) < 4.78 is 0. The molecule has 0 saturated heterocycles. The molecule has 2 nitrogen and oxygen atoms in total. The zero-order valence-electron chi connectivity index (χ0n) is 24.7. The minimum atomic E-state index is -0.256. The average molecular weight is 575 g/mol. The first-order valence-corrected chi connectivity index (χ1v) is 15.9. The van der Waals surface area contributed by atoms with Gasteiger partial charge in [0.15, 0.2) is 0 Å². The molecule has 0 saturated carbocycles. The predicted octanol–water partition coefficient (Wildman–Crippen LogP) is 10.6. The van der Waals surface area contributed by atoms with Crippen molar-refractivity contribution in [2.75, 3.05) is 4.90 Å². The first kappa shape index (κ1) is 24.8. The molecular weight excluding hydrogens is 544 g/mol. The molecule has 2 heteroatoms. The Balaban J connectivity index is 1.22. The van der Waals surface area contributed by atoms with Gasteiger partial charge in [-0.1, -0.05) is 121 Å². The lowest BCUT2D eigenvalue weighted by Gasteiger charge is -2.38. The van der Waals surface area contributed by atoms with E-state index in [1.54, 1.807) is 0 Å². The van der Waals surface area contributed by atoms with Crippen LogP contribution in [0.15, 0.2) is 170 Å². The second-order valence-corrected chi connectivity index (χ2v) is 12.6. The molecule has 1 aromatic heterocycles. The number of hydrogen-bond donors (Lipinski definition) is 1. The second-order valence-electron chi connectivity index (χ2n) is 12.6. The lowest BCUT2D eigenvalue weighted by Crippen LogP contribution is -2.34. The Bertz CT molecular complexity index is 2310. The van der Waals surface area contributed by atoms with Gasteiger partial charge in [-0.3, -0.25) is 0 Å². The van der Waals surface area contributed by atoms with Crippen molar-refractivity contribution in [2.24, 2.45) is 5.92 Å². The summed E-state index contributed by atoms with van der Waals surface area (Å²) >= 11 is 0. The van der Waals surface area contributed by atoms with E-state index in [1.807, 2.05) is 0 Å². The van der Waals surface area contributed by atoms with Crippen LogP contribution in [0.5, 0.6) is 0 Å². The van der Waals surface area contributed by atoms with E-state index in [1.165, 1.54) is 55.4 Å². The fourth-order valence-electron chi connectivity index (χ4n) is 8.75. The Kier molecular flexibility index (Phi) is 5.07. The summed E-state index contributed by atoms with van der Waals surface area (Å²) in [6.45, 7) is 0. The Labute approximate surface area is 262 Å². The van der Waals surface area contributed by atoms with Crippen molar-refractivity contribution in [3.8, 4) is 11.1 Å². The van der Waals surface area contributed by atoms with E-state index >= 15 is 0 Å². The minimum absolute atomic E-state index is 0.225. The van der Waals surface area contributed by atoms with Gasteiger partial charge < -0.3 is 9.88 Å². The van der Waals surface area contributed by atoms with E-state index in [0.717, 1.165) is 16.9 Å². The number of H-pyrrole nitrogens is 1. The molecule has 3 aliphatic rings. The predicted molar refractivity (Wildman–Crippen MR) is 186 cm³/mol. The third-order valence-corrected chi connectivity index (χ3v) is 10.5. The van der Waals surface area contributed by atoms with Crippen LogP contribution in [0.3, 0.4) is 0 Å². The maximum absolute atomic E-state index is 3.61. The number of aromatic amines is 1. The molecule has 45 heavy (non-hydrogen) atoms. The Hall–Kier alpha value is -5.60. The molecule has 0 amide bonds. The third-order valence-electron chi connectivity index (χ3n) is 10.5. The number of anilines is 2. The maximum Gasteiger partial charge on any atom is 0.0538 e. The quantitative estimate of drug-likeness (QED) is 0.222. The third kappa shape index (κ3) is 3.29. The molecule has 10 rings (SSSR count). The smallest absolute Gasteiger partial charge is 0.0538 e. The Morgan fingerprint density at radius 2 is 1.18 bits per heavy atom. The van der Waals surface area contributed by atoms with Crippen molar-refractivity contribution in [1.82, 2.24) is 4.98 Å². The number of rotatable bonds is 3. The van der Waals surface area contributed by atoms with Gasteiger partial charge in [0, 0.05) is 50.7 Å². The van der Waals surface area contributed by atoms with Gasteiger partial charge in [-0.25, -0.2) is 0 Å². The molecule has 6 aromatic carbocycles. The van der Waals surface area contributed by atoms with E-state index in [9.17, 15) is 0 Å². The van der Waals surface area contributed by atoms with Crippen LogP contribution in [0.4, 0.5) is 11.4 Å². The van der Waals surface area contributed by atoms with Gasteiger partial charge in [0.05, 0.1) is 5.41 Å².